The van der Waals surface area contributed by atoms with Crippen molar-refractivity contribution in [3.8, 4) is 0 Å². The second-order valence-electron chi connectivity index (χ2n) is 4.45. The summed E-state index contributed by atoms with van der Waals surface area (Å²) in [5.41, 5.74) is 7.90. The Hall–Kier alpha value is -1.51. The Morgan fingerprint density at radius 1 is 1.31 bits per heavy atom. The molecule has 1 aliphatic heterocycles. The van der Waals surface area contributed by atoms with E-state index in [-0.39, 0.29) is 11.8 Å². The highest BCUT2D eigenvalue weighted by atomic mass is 16.1. The highest BCUT2D eigenvalue weighted by Gasteiger charge is 2.23. The fraction of sp³-hybridized carbons (Fsp3) is 0.462. The summed E-state index contributed by atoms with van der Waals surface area (Å²) in [7, 11) is 0. The molecule has 16 heavy (non-hydrogen) atoms. The number of nitrogens with zero attached hydrogens (tertiary/aromatic N) is 1. The van der Waals surface area contributed by atoms with Gasteiger partial charge in [0, 0.05) is 24.7 Å². The Morgan fingerprint density at radius 2 is 1.94 bits per heavy atom. The fourth-order valence-corrected chi connectivity index (χ4v) is 2.32. The lowest BCUT2D eigenvalue weighted by molar-refractivity contribution is -0.122. The van der Waals surface area contributed by atoms with Crippen molar-refractivity contribution in [2.24, 2.45) is 11.7 Å². The van der Waals surface area contributed by atoms with Gasteiger partial charge in [-0.1, -0.05) is 18.2 Å². The van der Waals surface area contributed by atoms with Gasteiger partial charge in [-0.2, -0.15) is 0 Å². The smallest absolute Gasteiger partial charge is 0.220 e. The Kier molecular flexibility index (Phi) is 3.13. The zero-order valence-corrected chi connectivity index (χ0v) is 9.65. The van der Waals surface area contributed by atoms with Gasteiger partial charge in [-0.3, -0.25) is 4.79 Å². The van der Waals surface area contributed by atoms with Crippen molar-refractivity contribution in [2.75, 3.05) is 18.0 Å². The minimum atomic E-state index is -0.149. The SMILES string of the molecule is Cc1ccccc1N1CCC(C(N)=O)CC1. The summed E-state index contributed by atoms with van der Waals surface area (Å²) < 4.78 is 0. The quantitative estimate of drug-likeness (QED) is 0.821. The van der Waals surface area contributed by atoms with E-state index in [0.29, 0.717) is 0 Å². The summed E-state index contributed by atoms with van der Waals surface area (Å²) in [5, 5.41) is 0. The van der Waals surface area contributed by atoms with Crippen LogP contribution in [0.5, 0.6) is 0 Å². The van der Waals surface area contributed by atoms with Crippen molar-refractivity contribution in [2.45, 2.75) is 19.8 Å². The van der Waals surface area contributed by atoms with E-state index in [4.69, 9.17) is 5.73 Å². The first-order valence-corrected chi connectivity index (χ1v) is 5.78. The number of benzene rings is 1. The van der Waals surface area contributed by atoms with Crippen LogP contribution in [0, 0.1) is 12.8 Å². The Morgan fingerprint density at radius 3 is 2.50 bits per heavy atom. The lowest BCUT2D eigenvalue weighted by atomic mass is 9.95. The zero-order valence-electron chi connectivity index (χ0n) is 9.65. The monoisotopic (exact) mass is 218 g/mol. The number of rotatable bonds is 2. The minimum Gasteiger partial charge on any atom is -0.371 e. The van der Waals surface area contributed by atoms with Crippen LogP contribution in [0.2, 0.25) is 0 Å². The molecule has 2 N–H and O–H groups in total. The van der Waals surface area contributed by atoms with E-state index in [1.165, 1.54) is 11.3 Å². The lowest BCUT2D eigenvalue weighted by Gasteiger charge is -2.33. The summed E-state index contributed by atoms with van der Waals surface area (Å²) in [6, 6.07) is 8.37. The van der Waals surface area contributed by atoms with Gasteiger partial charge in [0.25, 0.3) is 0 Å². The molecule has 0 bridgehead atoms. The van der Waals surface area contributed by atoms with Gasteiger partial charge in [-0.05, 0) is 31.4 Å². The standard InChI is InChI=1S/C13H18N2O/c1-10-4-2-3-5-12(10)15-8-6-11(7-9-15)13(14)16/h2-5,11H,6-9H2,1H3,(H2,14,16). The van der Waals surface area contributed by atoms with Crippen LogP contribution in [0.25, 0.3) is 0 Å². The number of anilines is 1. The number of amides is 1. The summed E-state index contributed by atoms with van der Waals surface area (Å²) in [6.07, 6.45) is 1.76. The maximum Gasteiger partial charge on any atom is 0.220 e. The van der Waals surface area contributed by atoms with E-state index in [0.717, 1.165) is 25.9 Å². The highest BCUT2D eigenvalue weighted by Crippen LogP contribution is 2.25. The van der Waals surface area contributed by atoms with Crippen molar-refractivity contribution < 1.29 is 4.79 Å². The zero-order chi connectivity index (χ0) is 11.5. The Labute approximate surface area is 96.2 Å². The number of nitrogens with two attached hydrogens (primary N) is 1. The summed E-state index contributed by atoms with van der Waals surface area (Å²) >= 11 is 0. The molecule has 86 valence electrons. The first kappa shape index (κ1) is 11.0. The van der Waals surface area contributed by atoms with Crippen LogP contribution in [0.3, 0.4) is 0 Å². The minimum absolute atomic E-state index is 0.0697. The van der Waals surface area contributed by atoms with Crippen LogP contribution < -0.4 is 10.6 Å². The summed E-state index contributed by atoms with van der Waals surface area (Å²) in [5.74, 6) is -0.0790. The molecule has 1 saturated heterocycles. The number of hydrogen-bond acceptors (Lipinski definition) is 2. The van der Waals surface area contributed by atoms with E-state index in [1.807, 2.05) is 0 Å². The number of primary amides is 1. The average Bonchev–Trinajstić information content (AvgIpc) is 2.30. The van der Waals surface area contributed by atoms with Gasteiger partial charge in [0.1, 0.15) is 0 Å². The first-order valence-electron chi connectivity index (χ1n) is 5.78. The molecule has 0 unspecified atom stereocenters. The van der Waals surface area contributed by atoms with E-state index in [2.05, 4.69) is 36.1 Å². The maximum atomic E-state index is 11.1. The third-order valence-electron chi connectivity index (χ3n) is 3.35. The van der Waals surface area contributed by atoms with Gasteiger partial charge in [-0.25, -0.2) is 0 Å². The predicted molar refractivity (Wildman–Crippen MR) is 65.3 cm³/mol. The fourth-order valence-electron chi connectivity index (χ4n) is 2.32. The molecule has 0 aliphatic carbocycles. The van der Waals surface area contributed by atoms with E-state index < -0.39 is 0 Å². The first-order chi connectivity index (χ1) is 7.68. The molecule has 3 nitrogen and oxygen atoms in total. The second-order valence-corrected chi connectivity index (χ2v) is 4.45. The van der Waals surface area contributed by atoms with Gasteiger partial charge < -0.3 is 10.6 Å². The molecule has 0 spiro atoms. The van der Waals surface area contributed by atoms with E-state index in [9.17, 15) is 4.79 Å². The third kappa shape index (κ3) is 2.18. The summed E-state index contributed by atoms with van der Waals surface area (Å²) in [6.45, 7) is 3.98. The molecular weight excluding hydrogens is 200 g/mol. The van der Waals surface area contributed by atoms with Crippen LogP contribution >= 0.6 is 0 Å². The van der Waals surface area contributed by atoms with Gasteiger partial charge in [0.15, 0.2) is 0 Å². The maximum absolute atomic E-state index is 11.1. The van der Waals surface area contributed by atoms with E-state index in [1.54, 1.807) is 0 Å². The molecule has 1 aromatic rings. The average molecular weight is 218 g/mol. The Bertz CT molecular complexity index is 381. The van der Waals surface area contributed by atoms with Gasteiger partial charge in [0.05, 0.1) is 0 Å². The van der Waals surface area contributed by atoms with Crippen molar-refractivity contribution in [3.63, 3.8) is 0 Å². The van der Waals surface area contributed by atoms with Gasteiger partial charge in [0.2, 0.25) is 5.91 Å². The van der Waals surface area contributed by atoms with Crippen LogP contribution in [0.15, 0.2) is 24.3 Å². The number of aryl methyl sites for hydroxylation is 1. The van der Waals surface area contributed by atoms with E-state index >= 15 is 0 Å². The van der Waals surface area contributed by atoms with Crippen LogP contribution in [0.4, 0.5) is 5.69 Å². The topological polar surface area (TPSA) is 46.3 Å². The molecule has 1 aliphatic rings. The number of hydrogen-bond donors (Lipinski definition) is 1. The Balaban J connectivity index is 2.05. The molecule has 1 aromatic carbocycles. The molecule has 0 aromatic heterocycles. The van der Waals surface area contributed by atoms with Crippen molar-refractivity contribution in [3.05, 3.63) is 29.8 Å². The molecule has 1 fully saturated rings. The number of carbonyl (C=O) groups excluding carboxylic acids is 1. The van der Waals surface area contributed by atoms with Crippen molar-refractivity contribution >= 4 is 11.6 Å². The third-order valence-corrected chi connectivity index (χ3v) is 3.35. The van der Waals surface area contributed by atoms with Crippen LogP contribution in [-0.2, 0) is 4.79 Å². The molecule has 0 radical (unpaired) electrons. The molecule has 0 atom stereocenters. The molecule has 2 rings (SSSR count). The molecule has 0 saturated carbocycles. The molecular formula is C13H18N2O. The normalized spacial score (nSPS) is 17.4. The number of piperidine rings is 1. The second kappa shape index (κ2) is 4.56. The molecule has 1 amide bonds. The van der Waals surface area contributed by atoms with Crippen LogP contribution in [0.1, 0.15) is 18.4 Å². The van der Waals surface area contributed by atoms with Gasteiger partial charge >= 0.3 is 0 Å². The van der Waals surface area contributed by atoms with Crippen molar-refractivity contribution in [1.29, 1.82) is 0 Å². The largest absolute Gasteiger partial charge is 0.371 e. The van der Waals surface area contributed by atoms with Crippen molar-refractivity contribution in [1.82, 2.24) is 0 Å². The summed E-state index contributed by atoms with van der Waals surface area (Å²) in [4.78, 5) is 13.4. The highest BCUT2D eigenvalue weighted by molar-refractivity contribution is 5.77. The van der Waals surface area contributed by atoms with Gasteiger partial charge in [-0.15, -0.1) is 0 Å². The predicted octanol–water partition coefficient (Wildman–Crippen LogP) is 1.70. The molecule has 1 heterocycles. The lowest BCUT2D eigenvalue weighted by Crippen LogP contribution is -2.38. The molecule has 3 heteroatoms. The number of para-hydroxylation sites is 1. The van der Waals surface area contributed by atoms with Crippen LogP contribution in [-0.4, -0.2) is 19.0 Å². The number of carbonyl (C=O) groups is 1.